The Hall–Kier alpha value is -3.10. The van der Waals surface area contributed by atoms with Gasteiger partial charge in [-0.25, -0.2) is 0 Å². The fraction of sp³-hybridized carbons (Fsp3) is 0.320. The second kappa shape index (κ2) is 8.68. The zero-order valence-electron chi connectivity index (χ0n) is 18.2. The Kier molecular flexibility index (Phi) is 5.39. The minimum atomic E-state index is 0.102. The molecular weight excluding hydrogens is 434 g/mol. The van der Waals surface area contributed by atoms with Crippen molar-refractivity contribution < 1.29 is 9.53 Å². The van der Waals surface area contributed by atoms with Crippen LogP contribution in [0.5, 0.6) is 0 Å². The van der Waals surface area contributed by atoms with Crippen LogP contribution in [0.3, 0.4) is 0 Å². The van der Waals surface area contributed by atoms with Crippen LogP contribution in [0.2, 0.25) is 0 Å². The maximum absolute atomic E-state index is 13.1. The van der Waals surface area contributed by atoms with Crippen molar-refractivity contribution >= 4 is 34.3 Å². The molecule has 7 nitrogen and oxygen atoms in total. The van der Waals surface area contributed by atoms with Gasteiger partial charge in [0, 0.05) is 41.5 Å². The first-order valence-electron chi connectivity index (χ1n) is 11.4. The SMILES string of the molecule is O=C(CSc1nnc(-c2c[nH]c3ccccc23)n1CC1CCCO1)N1CCc2ccccc21. The summed E-state index contributed by atoms with van der Waals surface area (Å²) >= 11 is 1.46. The van der Waals surface area contributed by atoms with Crippen molar-refractivity contribution in [3.05, 3.63) is 60.3 Å². The highest BCUT2D eigenvalue weighted by atomic mass is 32.2. The maximum atomic E-state index is 13.1. The molecule has 0 bridgehead atoms. The van der Waals surface area contributed by atoms with Crippen LogP contribution >= 0.6 is 11.8 Å². The molecule has 2 aliphatic rings. The van der Waals surface area contributed by atoms with Crippen LogP contribution in [0.25, 0.3) is 22.3 Å². The van der Waals surface area contributed by atoms with Crippen molar-refractivity contribution in [2.75, 3.05) is 23.8 Å². The van der Waals surface area contributed by atoms with E-state index in [9.17, 15) is 4.79 Å². The summed E-state index contributed by atoms with van der Waals surface area (Å²) in [6.45, 7) is 2.22. The molecule has 4 heterocycles. The summed E-state index contributed by atoms with van der Waals surface area (Å²) in [5.41, 5.74) is 4.35. The first kappa shape index (κ1) is 20.5. The summed E-state index contributed by atoms with van der Waals surface area (Å²) in [7, 11) is 0. The van der Waals surface area contributed by atoms with E-state index >= 15 is 0 Å². The van der Waals surface area contributed by atoms with E-state index < -0.39 is 0 Å². The number of carbonyl (C=O) groups excluding carboxylic acids is 1. The van der Waals surface area contributed by atoms with E-state index in [1.165, 1.54) is 17.3 Å². The summed E-state index contributed by atoms with van der Waals surface area (Å²) in [6.07, 6.45) is 5.14. The fourth-order valence-corrected chi connectivity index (χ4v) is 5.63. The van der Waals surface area contributed by atoms with Gasteiger partial charge in [0.25, 0.3) is 0 Å². The van der Waals surface area contributed by atoms with Crippen LogP contribution < -0.4 is 4.90 Å². The highest BCUT2D eigenvalue weighted by Crippen LogP contribution is 2.32. The van der Waals surface area contributed by atoms with Gasteiger partial charge in [-0.15, -0.1) is 10.2 Å². The molecule has 168 valence electrons. The predicted octanol–water partition coefficient (Wildman–Crippen LogP) is 4.29. The highest BCUT2D eigenvalue weighted by Gasteiger charge is 2.26. The molecule has 2 aromatic heterocycles. The van der Waals surface area contributed by atoms with Crippen LogP contribution in [0.1, 0.15) is 18.4 Å². The second-order valence-corrected chi connectivity index (χ2v) is 9.46. The molecule has 0 spiro atoms. The lowest BCUT2D eigenvalue weighted by Crippen LogP contribution is -2.30. The monoisotopic (exact) mass is 459 g/mol. The maximum Gasteiger partial charge on any atom is 0.237 e. The summed E-state index contributed by atoms with van der Waals surface area (Å²) in [5, 5.41) is 10.9. The van der Waals surface area contributed by atoms with E-state index in [0.717, 1.165) is 65.5 Å². The Morgan fingerprint density at radius 2 is 2.03 bits per heavy atom. The van der Waals surface area contributed by atoms with Gasteiger partial charge in [-0.1, -0.05) is 48.2 Å². The van der Waals surface area contributed by atoms with Crippen molar-refractivity contribution in [3.8, 4) is 11.4 Å². The number of fused-ring (bicyclic) bond motifs is 2. The highest BCUT2D eigenvalue weighted by molar-refractivity contribution is 7.99. The number of nitrogens with zero attached hydrogens (tertiary/aromatic N) is 4. The van der Waals surface area contributed by atoms with Crippen LogP contribution in [-0.4, -0.2) is 50.7 Å². The molecule has 1 unspecified atom stereocenters. The smallest absolute Gasteiger partial charge is 0.237 e. The number of aromatic nitrogens is 4. The molecule has 1 fully saturated rings. The Morgan fingerprint density at radius 1 is 1.15 bits per heavy atom. The standard InChI is InChI=1S/C25H25N5O2S/c31-23(29-12-11-17-6-1-4-10-22(17)29)16-33-25-28-27-24(30(25)15-18-7-5-13-32-18)20-14-26-21-9-3-2-8-19(20)21/h1-4,6,8-10,14,18,26H,5,7,11-13,15-16H2. The third kappa shape index (κ3) is 3.83. The number of aromatic amines is 1. The van der Waals surface area contributed by atoms with E-state index in [-0.39, 0.29) is 12.0 Å². The number of hydrogen-bond acceptors (Lipinski definition) is 5. The fourth-order valence-electron chi connectivity index (χ4n) is 4.81. The molecular formula is C25H25N5O2S. The third-order valence-corrected chi connectivity index (χ3v) is 7.42. The number of ether oxygens (including phenoxy) is 1. The minimum absolute atomic E-state index is 0.102. The lowest BCUT2D eigenvalue weighted by molar-refractivity contribution is -0.116. The van der Waals surface area contributed by atoms with Gasteiger partial charge in [-0.05, 0) is 37.0 Å². The lowest BCUT2D eigenvalue weighted by Gasteiger charge is -2.18. The average molecular weight is 460 g/mol. The van der Waals surface area contributed by atoms with Gasteiger partial charge in [0.05, 0.1) is 18.4 Å². The molecule has 0 radical (unpaired) electrons. The van der Waals surface area contributed by atoms with Gasteiger partial charge in [0.2, 0.25) is 5.91 Å². The molecule has 33 heavy (non-hydrogen) atoms. The first-order valence-corrected chi connectivity index (χ1v) is 12.4. The molecule has 0 saturated carbocycles. The van der Waals surface area contributed by atoms with Crippen LogP contribution in [0.4, 0.5) is 5.69 Å². The van der Waals surface area contributed by atoms with E-state index in [1.807, 2.05) is 41.4 Å². The van der Waals surface area contributed by atoms with Crippen LogP contribution in [0, 0.1) is 0 Å². The largest absolute Gasteiger partial charge is 0.376 e. The molecule has 6 rings (SSSR count). The molecule has 2 aromatic carbocycles. The number of para-hydroxylation sites is 2. The number of hydrogen-bond donors (Lipinski definition) is 1. The van der Waals surface area contributed by atoms with Crippen LogP contribution in [0.15, 0.2) is 59.9 Å². The van der Waals surface area contributed by atoms with Crippen LogP contribution in [-0.2, 0) is 22.5 Å². The van der Waals surface area contributed by atoms with Crippen molar-refractivity contribution in [1.82, 2.24) is 19.7 Å². The van der Waals surface area contributed by atoms with E-state index in [0.29, 0.717) is 12.3 Å². The third-order valence-electron chi connectivity index (χ3n) is 6.47. The van der Waals surface area contributed by atoms with Crippen molar-refractivity contribution in [2.45, 2.75) is 37.1 Å². The number of benzene rings is 2. The van der Waals surface area contributed by atoms with Crippen molar-refractivity contribution in [3.63, 3.8) is 0 Å². The zero-order chi connectivity index (χ0) is 22.2. The van der Waals surface area contributed by atoms with Crippen molar-refractivity contribution in [1.29, 1.82) is 0 Å². The molecule has 0 aliphatic carbocycles. The van der Waals surface area contributed by atoms with E-state index in [2.05, 4.69) is 37.9 Å². The summed E-state index contributed by atoms with van der Waals surface area (Å²) in [5.74, 6) is 1.24. The summed E-state index contributed by atoms with van der Waals surface area (Å²) in [6, 6.07) is 16.3. The molecule has 8 heteroatoms. The summed E-state index contributed by atoms with van der Waals surface area (Å²) < 4.78 is 8.04. The lowest BCUT2D eigenvalue weighted by atomic mass is 10.1. The number of H-pyrrole nitrogens is 1. The number of rotatable bonds is 6. The number of amides is 1. The van der Waals surface area contributed by atoms with Crippen molar-refractivity contribution in [2.24, 2.45) is 0 Å². The van der Waals surface area contributed by atoms with Gasteiger partial charge < -0.3 is 14.6 Å². The molecule has 1 amide bonds. The van der Waals surface area contributed by atoms with Gasteiger partial charge in [0.15, 0.2) is 11.0 Å². The van der Waals surface area contributed by atoms with Gasteiger partial charge in [-0.3, -0.25) is 9.36 Å². The topological polar surface area (TPSA) is 76.0 Å². The minimum Gasteiger partial charge on any atom is -0.376 e. The van der Waals surface area contributed by atoms with Gasteiger partial charge in [0.1, 0.15) is 0 Å². The zero-order valence-corrected chi connectivity index (χ0v) is 19.1. The number of anilines is 1. The number of thioether (sulfide) groups is 1. The predicted molar refractivity (Wildman–Crippen MR) is 130 cm³/mol. The van der Waals surface area contributed by atoms with E-state index in [4.69, 9.17) is 4.74 Å². The van der Waals surface area contributed by atoms with Gasteiger partial charge >= 0.3 is 0 Å². The number of nitrogens with one attached hydrogen (secondary N) is 1. The Bertz CT molecular complexity index is 1310. The number of carbonyl (C=O) groups is 1. The molecule has 1 saturated heterocycles. The molecule has 1 N–H and O–H groups in total. The Balaban J connectivity index is 1.28. The van der Waals surface area contributed by atoms with E-state index in [1.54, 1.807) is 0 Å². The summed E-state index contributed by atoms with van der Waals surface area (Å²) in [4.78, 5) is 18.3. The first-order chi connectivity index (χ1) is 16.3. The normalized spacial score (nSPS) is 17.7. The second-order valence-electron chi connectivity index (χ2n) is 8.51. The average Bonchev–Trinajstić information content (AvgIpc) is 3.64. The molecule has 2 aliphatic heterocycles. The van der Waals surface area contributed by atoms with Gasteiger partial charge in [-0.2, -0.15) is 0 Å². The Morgan fingerprint density at radius 3 is 2.94 bits per heavy atom. The quantitative estimate of drug-likeness (QED) is 0.436. The Labute approximate surface area is 196 Å². The molecule has 4 aromatic rings. The molecule has 1 atom stereocenters.